The van der Waals surface area contributed by atoms with E-state index in [1.54, 1.807) is 11.3 Å². The van der Waals surface area contributed by atoms with Crippen LogP contribution in [0.3, 0.4) is 0 Å². The van der Waals surface area contributed by atoms with Gasteiger partial charge in [-0.1, -0.05) is 24.3 Å². The van der Waals surface area contributed by atoms with E-state index in [0.717, 1.165) is 36.3 Å². The molecule has 1 fully saturated rings. The molecule has 3 rings (SSSR count). The zero-order valence-corrected chi connectivity index (χ0v) is 16.5. The Bertz CT molecular complexity index is 746. The molecular weight excluding hydrogens is 328 g/mol. The highest BCUT2D eigenvalue weighted by molar-refractivity contribution is 7.09. The molecule has 5 heteroatoms. The van der Waals surface area contributed by atoms with Gasteiger partial charge in [-0.25, -0.2) is 4.98 Å². The zero-order valence-electron chi connectivity index (χ0n) is 15.7. The first kappa shape index (κ1) is 17.9. The number of benzene rings is 1. The van der Waals surface area contributed by atoms with E-state index in [-0.39, 0.29) is 5.41 Å². The number of nitrogens with one attached hydrogen (secondary N) is 1. The van der Waals surface area contributed by atoms with Gasteiger partial charge < -0.3 is 10.2 Å². The summed E-state index contributed by atoms with van der Waals surface area (Å²) in [7, 11) is 2.09. The number of thiazole rings is 1. The van der Waals surface area contributed by atoms with Gasteiger partial charge in [0, 0.05) is 24.4 Å². The molecule has 25 heavy (non-hydrogen) atoms. The lowest BCUT2D eigenvalue weighted by atomic mass is 9.92. The van der Waals surface area contributed by atoms with Crippen LogP contribution in [-0.2, 0) is 12.0 Å². The summed E-state index contributed by atoms with van der Waals surface area (Å²) in [6, 6.07) is 8.74. The van der Waals surface area contributed by atoms with E-state index in [1.165, 1.54) is 24.0 Å². The second-order valence-corrected chi connectivity index (χ2v) is 8.04. The highest BCUT2D eigenvalue weighted by Crippen LogP contribution is 2.49. The van der Waals surface area contributed by atoms with Crippen LogP contribution in [0.5, 0.6) is 0 Å². The van der Waals surface area contributed by atoms with E-state index in [4.69, 9.17) is 4.99 Å². The van der Waals surface area contributed by atoms with Gasteiger partial charge >= 0.3 is 0 Å². The summed E-state index contributed by atoms with van der Waals surface area (Å²) in [6.45, 7) is 8.88. The highest BCUT2D eigenvalue weighted by Gasteiger charge is 2.44. The van der Waals surface area contributed by atoms with E-state index in [1.807, 2.05) is 6.92 Å². The van der Waals surface area contributed by atoms with Crippen LogP contribution in [0.2, 0.25) is 0 Å². The van der Waals surface area contributed by atoms with Gasteiger partial charge in [0.1, 0.15) is 0 Å². The third-order valence-electron chi connectivity index (χ3n) is 4.86. The maximum atomic E-state index is 4.98. The van der Waals surface area contributed by atoms with Crippen molar-refractivity contribution in [2.45, 2.75) is 45.6 Å². The van der Waals surface area contributed by atoms with Gasteiger partial charge in [0.05, 0.1) is 23.8 Å². The number of aliphatic imine (C=N–C) groups is 1. The summed E-state index contributed by atoms with van der Waals surface area (Å²) < 4.78 is 0. The molecule has 0 bridgehead atoms. The molecule has 0 atom stereocenters. The molecular formula is C20H28N4S. The first-order valence-electron chi connectivity index (χ1n) is 9.00. The van der Waals surface area contributed by atoms with Crippen LogP contribution in [0, 0.1) is 13.8 Å². The molecule has 0 aliphatic heterocycles. The molecule has 2 aromatic rings. The van der Waals surface area contributed by atoms with Gasteiger partial charge in [-0.3, -0.25) is 4.99 Å². The monoisotopic (exact) mass is 356 g/mol. The van der Waals surface area contributed by atoms with Crippen molar-refractivity contribution in [3.63, 3.8) is 0 Å². The van der Waals surface area contributed by atoms with E-state index < -0.39 is 0 Å². The van der Waals surface area contributed by atoms with Crippen molar-refractivity contribution < 1.29 is 0 Å². The van der Waals surface area contributed by atoms with Crippen molar-refractivity contribution in [1.29, 1.82) is 0 Å². The predicted molar refractivity (Wildman–Crippen MR) is 106 cm³/mol. The highest BCUT2D eigenvalue weighted by atomic mass is 32.1. The van der Waals surface area contributed by atoms with Crippen molar-refractivity contribution in [1.82, 2.24) is 15.2 Å². The standard InChI is InChI=1S/C20H28N4S/c1-5-21-19(24(4)12-17-13-25-16(3)23-17)22-14-20(10-11-20)18-9-7-6-8-15(18)2/h6-9,13H,5,10-12,14H2,1-4H3,(H,21,22). The van der Waals surface area contributed by atoms with Crippen LogP contribution < -0.4 is 5.32 Å². The molecule has 1 aliphatic carbocycles. The SMILES string of the molecule is CCNC(=NCC1(c2ccccc2C)CC1)N(C)Cc1csc(C)n1. The second kappa shape index (κ2) is 7.56. The third kappa shape index (κ3) is 4.21. The second-order valence-electron chi connectivity index (χ2n) is 6.98. The van der Waals surface area contributed by atoms with E-state index in [0.29, 0.717) is 0 Å². The maximum absolute atomic E-state index is 4.98. The van der Waals surface area contributed by atoms with E-state index in [9.17, 15) is 0 Å². The minimum absolute atomic E-state index is 0.240. The van der Waals surface area contributed by atoms with Crippen molar-refractivity contribution >= 4 is 17.3 Å². The Hall–Kier alpha value is -1.88. The summed E-state index contributed by atoms with van der Waals surface area (Å²) in [5.74, 6) is 0.966. The molecule has 1 aromatic carbocycles. The normalized spacial score (nSPS) is 15.9. The lowest BCUT2D eigenvalue weighted by Crippen LogP contribution is -2.39. The largest absolute Gasteiger partial charge is 0.357 e. The van der Waals surface area contributed by atoms with Crippen molar-refractivity contribution in [2.75, 3.05) is 20.1 Å². The minimum atomic E-state index is 0.240. The van der Waals surface area contributed by atoms with Crippen LogP contribution >= 0.6 is 11.3 Å². The van der Waals surface area contributed by atoms with Crippen LogP contribution in [0.25, 0.3) is 0 Å². The molecule has 1 aromatic heterocycles. The predicted octanol–water partition coefficient (Wildman–Crippen LogP) is 3.89. The Morgan fingerprint density at radius 3 is 2.68 bits per heavy atom. The van der Waals surface area contributed by atoms with E-state index in [2.05, 4.69) is 65.7 Å². The molecule has 0 saturated heterocycles. The van der Waals surface area contributed by atoms with Crippen LogP contribution in [-0.4, -0.2) is 36.0 Å². The summed E-state index contributed by atoms with van der Waals surface area (Å²) >= 11 is 1.70. The average Bonchev–Trinajstić information content (AvgIpc) is 3.27. The summed E-state index contributed by atoms with van der Waals surface area (Å²) in [5.41, 5.74) is 4.19. The summed E-state index contributed by atoms with van der Waals surface area (Å²) in [6.07, 6.45) is 2.46. The van der Waals surface area contributed by atoms with Crippen molar-refractivity contribution in [3.8, 4) is 0 Å². The lowest BCUT2D eigenvalue weighted by Gasteiger charge is -2.23. The number of rotatable bonds is 6. The van der Waals surface area contributed by atoms with Crippen LogP contribution in [0.4, 0.5) is 0 Å². The number of aryl methyl sites for hydroxylation is 2. The quantitative estimate of drug-likeness (QED) is 0.630. The molecule has 4 nitrogen and oxygen atoms in total. The minimum Gasteiger partial charge on any atom is -0.357 e. The number of hydrogen-bond donors (Lipinski definition) is 1. The molecule has 1 heterocycles. The Morgan fingerprint density at radius 2 is 2.08 bits per heavy atom. The van der Waals surface area contributed by atoms with Crippen LogP contribution in [0.15, 0.2) is 34.6 Å². The fraction of sp³-hybridized carbons (Fsp3) is 0.500. The average molecular weight is 357 g/mol. The Labute approximate surface area is 155 Å². The molecule has 0 amide bonds. The van der Waals surface area contributed by atoms with E-state index >= 15 is 0 Å². The molecule has 134 valence electrons. The third-order valence-corrected chi connectivity index (χ3v) is 5.69. The smallest absolute Gasteiger partial charge is 0.194 e. The topological polar surface area (TPSA) is 40.5 Å². The molecule has 0 spiro atoms. The molecule has 1 aliphatic rings. The number of nitrogens with zero attached hydrogens (tertiary/aromatic N) is 3. The maximum Gasteiger partial charge on any atom is 0.194 e. The first-order valence-corrected chi connectivity index (χ1v) is 9.88. The van der Waals surface area contributed by atoms with Gasteiger partial charge in [-0.2, -0.15) is 0 Å². The van der Waals surface area contributed by atoms with Gasteiger partial charge in [0.2, 0.25) is 0 Å². The molecule has 0 unspecified atom stereocenters. The Balaban J connectivity index is 1.73. The van der Waals surface area contributed by atoms with Crippen molar-refractivity contribution in [2.24, 2.45) is 4.99 Å². The number of aromatic nitrogens is 1. The van der Waals surface area contributed by atoms with Gasteiger partial charge in [-0.15, -0.1) is 11.3 Å². The van der Waals surface area contributed by atoms with Crippen LogP contribution in [0.1, 0.15) is 41.6 Å². The Morgan fingerprint density at radius 1 is 1.32 bits per heavy atom. The van der Waals surface area contributed by atoms with Gasteiger partial charge in [0.25, 0.3) is 0 Å². The summed E-state index contributed by atoms with van der Waals surface area (Å²) in [4.78, 5) is 11.7. The summed E-state index contributed by atoms with van der Waals surface area (Å²) in [5, 5.41) is 6.67. The van der Waals surface area contributed by atoms with Gasteiger partial charge in [0.15, 0.2) is 5.96 Å². The zero-order chi connectivity index (χ0) is 17.9. The Kier molecular flexibility index (Phi) is 5.42. The molecule has 0 radical (unpaired) electrons. The molecule has 1 N–H and O–H groups in total. The molecule has 1 saturated carbocycles. The number of guanidine groups is 1. The van der Waals surface area contributed by atoms with Crippen molar-refractivity contribution in [3.05, 3.63) is 51.5 Å². The lowest BCUT2D eigenvalue weighted by molar-refractivity contribution is 0.469. The fourth-order valence-electron chi connectivity index (χ4n) is 3.33. The van der Waals surface area contributed by atoms with Gasteiger partial charge in [-0.05, 0) is 44.7 Å². The first-order chi connectivity index (χ1) is 12.0. The number of hydrogen-bond acceptors (Lipinski definition) is 3. The fourth-order valence-corrected chi connectivity index (χ4v) is 3.93.